The third-order valence-corrected chi connectivity index (χ3v) is 2.61. The molecule has 2 rings (SSSR count). The highest BCUT2D eigenvalue weighted by Crippen LogP contribution is 2.26. The van der Waals surface area contributed by atoms with Gasteiger partial charge in [0.2, 0.25) is 0 Å². The van der Waals surface area contributed by atoms with Gasteiger partial charge in [-0.05, 0) is 11.5 Å². The zero-order chi connectivity index (χ0) is 12.3. The summed E-state index contributed by atoms with van der Waals surface area (Å²) in [5.74, 6) is 0.555. The van der Waals surface area contributed by atoms with Gasteiger partial charge in [-0.2, -0.15) is 0 Å². The van der Waals surface area contributed by atoms with Crippen LogP contribution in [0.5, 0.6) is 0 Å². The van der Waals surface area contributed by atoms with Gasteiger partial charge in [-0.1, -0.05) is 44.2 Å². The third-order valence-electron chi connectivity index (χ3n) is 2.61. The molecule has 0 saturated heterocycles. The first kappa shape index (κ1) is 11.5. The summed E-state index contributed by atoms with van der Waals surface area (Å²) in [6.45, 7) is 4.18. The summed E-state index contributed by atoms with van der Waals surface area (Å²) < 4.78 is 0. The maximum absolute atomic E-state index is 10.7. The summed E-state index contributed by atoms with van der Waals surface area (Å²) >= 11 is 0. The van der Waals surface area contributed by atoms with E-state index in [-0.39, 0.29) is 5.82 Å². The summed E-state index contributed by atoms with van der Waals surface area (Å²) in [6.07, 6.45) is 2.42. The fourth-order valence-electron chi connectivity index (χ4n) is 1.71. The Morgan fingerprint density at radius 3 is 2.47 bits per heavy atom. The van der Waals surface area contributed by atoms with E-state index in [4.69, 9.17) is 0 Å². The summed E-state index contributed by atoms with van der Waals surface area (Å²) in [5, 5.41) is 0. The van der Waals surface area contributed by atoms with Crippen molar-refractivity contribution in [2.24, 2.45) is 0 Å². The average molecular weight is 226 g/mol. The smallest absolute Gasteiger partial charge is 0.193 e. The molecular formula is C14H14N2O. The molecule has 0 saturated carbocycles. The van der Waals surface area contributed by atoms with Crippen LogP contribution in [-0.4, -0.2) is 16.3 Å². The van der Waals surface area contributed by atoms with E-state index in [2.05, 4.69) is 23.8 Å². The highest BCUT2D eigenvalue weighted by molar-refractivity contribution is 5.72. The molecule has 3 nitrogen and oxygen atoms in total. The number of carbonyl (C=O) groups excluding carboxylic acids is 1. The standard InChI is InChI=1S/C14H14N2O/c1-10(2)12-8-15-13(9-17)16-14(12)11-6-4-3-5-7-11/h3-10H,1-2H3. The zero-order valence-corrected chi connectivity index (χ0v) is 9.92. The molecule has 3 heteroatoms. The number of hydrogen-bond donors (Lipinski definition) is 0. The van der Waals surface area contributed by atoms with Crippen LogP contribution in [0.15, 0.2) is 36.5 Å². The fraction of sp³-hybridized carbons (Fsp3) is 0.214. The molecule has 0 aliphatic heterocycles. The predicted octanol–water partition coefficient (Wildman–Crippen LogP) is 3.08. The van der Waals surface area contributed by atoms with Crippen LogP contribution in [0, 0.1) is 0 Å². The molecule has 86 valence electrons. The molecule has 0 aliphatic carbocycles. The Morgan fingerprint density at radius 2 is 1.88 bits per heavy atom. The number of benzene rings is 1. The highest BCUT2D eigenvalue weighted by Gasteiger charge is 2.11. The van der Waals surface area contributed by atoms with E-state index < -0.39 is 0 Å². The Labute approximate surface area is 101 Å². The number of rotatable bonds is 3. The Balaban J connectivity index is 2.61. The van der Waals surface area contributed by atoms with Crippen molar-refractivity contribution in [3.8, 4) is 11.3 Å². The van der Waals surface area contributed by atoms with Gasteiger partial charge < -0.3 is 0 Å². The lowest BCUT2D eigenvalue weighted by Gasteiger charge is -2.11. The van der Waals surface area contributed by atoms with Gasteiger partial charge in [-0.15, -0.1) is 0 Å². The summed E-state index contributed by atoms with van der Waals surface area (Å²) in [7, 11) is 0. The topological polar surface area (TPSA) is 42.9 Å². The van der Waals surface area contributed by atoms with Crippen LogP contribution in [0.2, 0.25) is 0 Å². The lowest BCUT2D eigenvalue weighted by atomic mass is 9.99. The monoisotopic (exact) mass is 226 g/mol. The molecule has 0 bridgehead atoms. The van der Waals surface area contributed by atoms with Crippen LogP contribution in [0.25, 0.3) is 11.3 Å². The quantitative estimate of drug-likeness (QED) is 0.755. The normalized spacial score (nSPS) is 10.5. The zero-order valence-electron chi connectivity index (χ0n) is 9.92. The molecule has 0 atom stereocenters. The van der Waals surface area contributed by atoms with Crippen molar-refractivity contribution in [1.82, 2.24) is 9.97 Å². The van der Waals surface area contributed by atoms with E-state index in [0.29, 0.717) is 12.2 Å². The van der Waals surface area contributed by atoms with E-state index in [9.17, 15) is 4.79 Å². The van der Waals surface area contributed by atoms with E-state index in [0.717, 1.165) is 16.8 Å². The second-order valence-corrected chi connectivity index (χ2v) is 4.17. The largest absolute Gasteiger partial charge is 0.294 e. The van der Waals surface area contributed by atoms with Crippen LogP contribution in [0.4, 0.5) is 0 Å². The van der Waals surface area contributed by atoms with Crippen molar-refractivity contribution in [3.05, 3.63) is 47.9 Å². The van der Waals surface area contributed by atoms with Gasteiger partial charge in [0.15, 0.2) is 12.1 Å². The minimum Gasteiger partial charge on any atom is -0.294 e. The molecule has 0 aliphatic rings. The second-order valence-electron chi connectivity index (χ2n) is 4.17. The molecule has 1 heterocycles. The predicted molar refractivity (Wildman–Crippen MR) is 66.9 cm³/mol. The number of carbonyl (C=O) groups is 1. The number of aromatic nitrogens is 2. The van der Waals surface area contributed by atoms with Gasteiger partial charge >= 0.3 is 0 Å². The van der Waals surface area contributed by atoms with Crippen molar-refractivity contribution in [2.45, 2.75) is 19.8 Å². The molecule has 17 heavy (non-hydrogen) atoms. The Morgan fingerprint density at radius 1 is 1.18 bits per heavy atom. The maximum Gasteiger partial charge on any atom is 0.193 e. The number of aldehydes is 1. The van der Waals surface area contributed by atoms with Gasteiger partial charge in [0.1, 0.15) is 0 Å². The van der Waals surface area contributed by atoms with Gasteiger partial charge in [0.05, 0.1) is 5.69 Å². The molecule has 1 aromatic carbocycles. The number of hydrogen-bond acceptors (Lipinski definition) is 3. The first-order valence-corrected chi connectivity index (χ1v) is 5.60. The molecule has 0 N–H and O–H groups in total. The molecule has 0 fully saturated rings. The first-order chi connectivity index (χ1) is 8.22. The minimum absolute atomic E-state index is 0.230. The van der Waals surface area contributed by atoms with E-state index in [1.807, 2.05) is 30.3 Å². The summed E-state index contributed by atoms with van der Waals surface area (Å²) in [6, 6.07) is 9.86. The average Bonchev–Trinajstić information content (AvgIpc) is 2.39. The minimum atomic E-state index is 0.230. The molecule has 0 unspecified atom stereocenters. The van der Waals surface area contributed by atoms with Crippen LogP contribution in [-0.2, 0) is 0 Å². The highest BCUT2D eigenvalue weighted by atomic mass is 16.1. The Bertz CT molecular complexity index is 521. The molecule has 0 spiro atoms. The van der Waals surface area contributed by atoms with Gasteiger partial charge in [-0.25, -0.2) is 9.97 Å². The van der Waals surface area contributed by atoms with Crippen molar-refractivity contribution in [3.63, 3.8) is 0 Å². The van der Waals surface area contributed by atoms with Crippen molar-refractivity contribution in [1.29, 1.82) is 0 Å². The molecule has 2 aromatic rings. The second kappa shape index (κ2) is 4.87. The summed E-state index contributed by atoms with van der Waals surface area (Å²) in [5.41, 5.74) is 2.92. The lowest BCUT2D eigenvalue weighted by molar-refractivity contribution is 0.111. The van der Waals surface area contributed by atoms with Crippen molar-refractivity contribution in [2.75, 3.05) is 0 Å². The molecule has 0 amide bonds. The Kier molecular flexibility index (Phi) is 3.28. The van der Waals surface area contributed by atoms with Gasteiger partial charge in [0, 0.05) is 11.8 Å². The summed E-state index contributed by atoms with van der Waals surface area (Å²) in [4.78, 5) is 19.1. The number of nitrogens with zero attached hydrogens (tertiary/aromatic N) is 2. The van der Waals surface area contributed by atoms with Crippen LogP contribution < -0.4 is 0 Å². The van der Waals surface area contributed by atoms with Gasteiger partial charge in [0.25, 0.3) is 0 Å². The lowest BCUT2D eigenvalue weighted by Crippen LogP contribution is -2.01. The fourth-order valence-corrected chi connectivity index (χ4v) is 1.71. The van der Waals surface area contributed by atoms with Gasteiger partial charge in [-0.3, -0.25) is 4.79 Å². The van der Waals surface area contributed by atoms with E-state index in [1.165, 1.54) is 0 Å². The SMILES string of the molecule is CC(C)c1cnc(C=O)nc1-c1ccccc1. The van der Waals surface area contributed by atoms with E-state index >= 15 is 0 Å². The van der Waals surface area contributed by atoms with Crippen LogP contribution in [0.3, 0.4) is 0 Å². The van der Waals surface area contributed by atoms with Crippen LogP contribution in [0.1, 0.15) is 35.9 Å². The molecule has 0 radical (unpaired) electrons. The molecule has 1 aromatic heterocycles. The van der Waals surface area contributed by atoms with Crippen LogP contribution >= 0.6 is 0 Å². The van der Waals surface area contributed by atoms with Crippen molar-refractivity contribution >= 4 is 6.29 Å². The Hall–Kier alpha value is -2.03. The first-order valence-electron chi connectivity index (χ1n) is 5.60. The van der Waals surface area contributed by atoms with E-state index in [1.54, 1.807) is 6.20 Å². The van der Waals surface area contributed by atoms with Crippen molar-refractivity contribution < 1.29 is 4.79 Å². The third kappa shape index (κ3) is 2.38. The molecular weight excluding hydrogens is 212 g/mol. The maximum atomic E-state index is 10.7.